The van der Waals surface area contributed by atoms with Gasteiger partial charge in [-0.2, -0.15) is 5.10 Å². The summed E-state index contributed by atoms with van der Waals surface area (Å²) < 4.78 is 0. The Hall–Kier alpha value is -3.13. The zero-order valence-electron chi connectivity index (χ0n) is 21.3. The molecule has 1 aromatic carbocycles. The van der Waals surface area contributed by atoms with Crippen molar-refractivity contribution >= 4 is 17.5 Å². The lowest BCUT2D eigenvalue weighted by Crippen LogP contribution is -2.49. The number of aliphatic imine (C=N–C) groups is 1. The van der Waals surface area contributed by atoms with Crippen molar-refractivity contribution in [1.29, 1.82) is 0 Å². The Morgan fingerprint density at radius 2 is 2.00 bits per heavy atom. The Bertz CT molecular complexity index is 1010. The van der Waals surface area contributed by atoms with Crippen molar-refractivity contribution in [2.75, 3.05) is 26.7 Å². The van der Waals surface area contributed by atoms with Crippen LogP contribution in [0.1, 0.15) is 69.5 Å². The number of ketones is 1. The molecule has 0 aromatic heterocycles. The molecule has 8 heteroatoms. The van der Waals surface area contributed by atoms with E-state index in [0.29, 0.717) is 25.2 Å². The molecule has 1 saturated heterocycles. The number of Topliss-reactive ketones (excluding diaryl/α,β-unsaturated/α-hetero) is 1. The fraction of sp³-hybridized carbons (Fsp3) is 0.519. The summed E-state index contributed by atoms with van der Waals surface area (Å²) in [5, 5.41) is 12.4. The topological polar surface area (TPSA) is 75.6 Å². The molecule has 2 N–H and O–H groups in total. The lowest BCUT2D eigenvalue weighted by Gasteiger charge is -2.36. The molecule has 1 fully saturated rings. The summed E-state index contributed by atoms with van der Waals surface area (Å²) in [6, 6.07) is 8.50. The number of piperidine rings is 1. The zero-order chi connectivity index (χ0) is 24.8. The Morgan fingerprint density at radius 3 is 2.69 bits per heavy atom. The molecule has 8 nitrogen and oxygen atoms in total. The normalized spacial score (nSPS) is 24.4. The summed E-state index contributed by atoms with van der Waals surface area (Å²) in [7, 11) is 1.99. The van der Waals surface area contributed by atoms with E-state index in [2.05, 4.69) is 59.5 Å². The number of nitrogens with zero attached hydrogens (tertiary/aromatic N) is 5. The summed E-state index contributed by atoms with van der Waals surface area (Å²) in [4.78, 5) is 20.0. The summed E-state index contributed by atoms with van der Waals surface area (Å²) in [6.45, 7) is 11.0. The van der Waals surface area contributed by atoms with E-state index in [0.717, 1.165) is 55.0 Å². The van der Waals surface area contributed by atoms with E-state index in [1.165, 1.54) is 6.42 Å². The van der Waals surface area contributed by atoms with Crippen molar-refractivity contribution in [3.8, 4) is 0 Å². The first-order valence-corrected chi connectivity index (χ1v) is 12.9. The standard InChI is InChI=1S/C27H39N7O/c1-5-11-23(35)19-25-28-20(3)27(33-15-8-7-9-16-33)29-26(31-34(25)6-2)22-13-10-12-21(18-22)24-14-17-32(4)30-24/h10,12-14,17-18,24-25,28,30H,3,5-9,11,15-16,19H2,1-2,4H3/b29-27?,31-26-. The average Bonchev–Trinajstić information content (AvgIpc) is 3.30. The van der Waals surface area contributed by atoms with Crippen molar-refractivity contribution in [2.45, 2.75) is 64.6 Å². The molecule has 0 spiro atoms. The summed E-state index contributed by atoms with van der Waals surface area (Å²) in [6.07, 6.45) is 9.23. The number of hydrogen-bond donors (Lipinski definition) is 2. The first kappa shape index (κ1) is 25.0. The van der Waals surface area contributed by atoms with Gasteiger partial charge in [0.05, 0.1) is 11.7 Å². The number of likely N-dealkylation sites (tertiary alicyclic amines) is 1. The van der Waals surface area contributed by atoms with Gasteiger partial charge in [-0.25, -0.2) is 10.4 Å². The van der Waals surface area contributed by atoms with Gasteiger partial charge < -0.3 is 15.2 Å². The van der Waals surface area contributed by atoms with Gasteiger partial charge >= 0.3 is 0 Å². The van der Waals surface area contributed by atoms with Crippen molar-refractivity contribution in [2.24, 2.45) is 10.1 Å². The van der Waals surface area contributed by atoms with Gasteiger partial charge in [-0.05, 0) is 50.3 Å². The van der Waals surface area contributed by atoms with Crippen LogP contribution in [0.15, 0.2) is 58.9 Å². The first-order chi connectivity index (χ1) is 17.0. The van der Waals surface area contributed by atoms with Crippen LogP contribution < -0.4 is 10.7 Å². The lowest BCUT2D eigenvalue weighted by atomic mass is 10.0. The Balaban J connectivity index is 1.73. The average molecular weight is 478 g/mol. The molecule has 2 atom stereocenters. The second-order valence-electron chi connectivity index (χ2n) is 9.48. The highest BCUT2D eigenvalue weighted by Gasteiger charge is 2.27. The SMILES string of the molecule is C=C1NC(CC(=O)CCC)N(CC)/N=C(/c2cccc(C3C=CN(C)N3)c2)N=C1N1CCCCC1. The van der Waals surface area contributed by atoms with E-state index in [-0.39, 0.29) is 18.0 Å². The van der Waals surface area contributed by atoms with Crippen LogP contribution in [0.3, 0.4) is 0 Å². The first-order valence-electron chi connectivity index (χ1n) is 12.9. The number of rotatable bonds is 7. The summed E-state index contributed by atoms with van der Waals surface area (Å²) >= 11 is 0. The molecule has 3 aliphatic rings. The minimum atomic E-state index is -0.256. The Kier molecular flexibility index (Phi) is 8.23. The molecular weight excluding hydrogens is 438 g/mol. The van der Waals surface area contributed by atoms with Crippen molar-refractivity contribution in [1.82, 2.24) is 25.7 Å². The minimum absolute atomic E-state index is 0.109. The van der Waals surface area contributed by atoms with E-state index < -0.39 is 0 Å². The quantitative estimate of drug-likeness (QED) is 0.623. The van der Waals surface area contributed by atoms with E-state index >= 15 is 0 Å². The predicted molar refractivity (Wildman–Crippen MR) is 142 cm³/mol. The number of nitrogens with one attached hydrogen (secondary N) is 2. The molecule has 0 aliphatic carbocycles. The number of carbonyl (C=O) groups is 1. The Labute approximate surface area is 209 Å². The molecule has 1 aromatic rings. The second-order valence-corrected chi connectivity index (χ2v) is 9.48. The molecule has 0 amide bonds. The largest absolute Gasteiger partial charge is 0.361 e. The third-order valence-electron chi connectivity index (χ3n) is 6.68. The number of amidine groups is 2. The number of hydrogen-bond acceptors (Lipinski definition) is 8. The summed E-state index contributed by atoms with van der Waals surface area (Å²) in [5.74, 6) is 1.71. The van der Waals surface area contributed by atoms with E-state index in [1.807, 2.05) is 30.2 Å². The highest BCUT2D eigenvalue weighted by atomic mass is 16.1. The monoisotopic (exact) mass is 477 g/mol. The molecule has 0 radical (unpaired) electrons. The van der Waals surface area contributed by atoms with Crippen LogP contribution in [0.4, 0.5) is 0 Å². The predicted octanol–water partition coefficient (Wildman–Crippen LogP) is 3.76. The van der Waals surface area contributed by atoms with Crippen LogP contribution in [-0.4, -0.2) is 65.2 Å². The lowest BCUT2D eigenvalue weighted by molar-refractivity contribution is -0.120. The van der Waals surface area contributed by atoms with E-state index in [1.54, 1.807) is 0 Å². The van der Waals surface area contributed by atoms with E-state index in [4.69, 9.17) is 10.1 Å². The van der Waals surface area contributed by atoms with Gasteiger partial charge in [0, 0.05) is 51.3 Å². The van der Waals surface area contributed by atoms with Gasteiger partial charge in [0.15, 0.2) is 11.7 Å². The molecule has 188 valence electrons. The molecule has 35 heavy (non-hydrogen) atoms. The molecular formula is C27H39N7O. The third-order valence-corrected chi connectivity index (χ3v) is 6.68. The molecule has 3 heterocycles. The minimum Gasteiger partial charge on any atom is -0.361 e. The molecule has 4 rings (SSSR count). The number of hydrazone groups is 1. The maximum absolute atomic E-state index is 12.6. The zero-order valence-corrected chi connectivity index (χ0v) is 21.3. The van der Waals surface area contributed by atoms with Crippen LogP contribution in [0, 0.1) is 0 Å². The molecule has 0 saturated carbocycles. The van der Waals surface area contributed by atoms with Crippen LogP contribution in [0.25, 0.3) is 0 Å². The van der Waals surface area contributed by atoms with E-state index in [9.17, 15) is 4.79 Å². The second kappa shape index (κ2) is 11.5. The smallest absolute Gasteiger partial charge is 0.181 e. The fourth-order valence-corrected chi connectivity index (χ4v) is 4.83. The molecule has 3 aliphatic heterocycles. The van der Waals surface area contributed by atoms with Crippen LogP contribution in [-0.2, 0) is 4.79 Å². The van der Waals surface area contributed by atoms with Crippen molar-refractivity contribution in [3.63, 3.8) is 0 Å². The molecule has 2 unspecified atom stereocenters. The van der Waals surface area contributed by atoms with Gasteiger partial charge in [0.1, 0.15) is 11.9 Å². The maximum Gasteiger partial charge on any atom is 0.181 e. The van der Waals surface area contributed by atoms with Gasteiger partial charge in [-0.3, -0.25) is 9.80 Å². The number of hydrazine groups is 1. The fourth-order valence-electron chi connectivity index (χ4n) is 4.83. The highest BCUT2D eigenvalue weighted by molar-refractivity contribution is 6.11. The number of carbonyl (C=O) groups excluding carboxylic acids is 1. The number of benzene rings is 1. The van der Waals surface area contributed by atoms with Gasteiger partial charge in [-0.1, -0.05) is 31.7 Å². The van der Waals surface area contributed by atoms with Crippen LogP contribution >= 0.6 is 0 Å². The highest BCUT2D eigenvalue weighted by Crippen LogP contribution is 2.23. The maximum atomic E-state index is 12.6. The Morgan fingerprint density at radius 1 is 1.20 bits per heavy atom. The van der Waals surface area contributed by atoms with Gasteiger partial charge in [0.2, 0.25) is 0 Å². The summed E-state index contributed by atoms with van der Waals surface area (Å²) in [5.41, 5.74) is 6.27. The van der Waals surface area contributed by atoms with Crippen molar-refractivity contribution < 1.29 is 4.79 Å². The van der Waals surface area contributed by atoms with Gasteiger partial charge in [0.25, 0.3) is 0 Å². The van der Waals surface area contributed by atoms with Gasteiger partial charge in [-0.15, -0.1) is 0 Å². The third kappa shape index (κ3) is 6.11. The van der Waals surface area contributed by atoms with Crippen LogP contribution in [0.2, 0.25) is 0 Å². The van der Waals surface area contributed by atoms with Crippen molar-refractivity contribution in [3.05, 3.63) is 59.9 Å². The van der Waals surface area contributed by atoms with Crippen LogP contribution in [0.5, 0.6) is 0 Å². The molecule has 0 bridgehead atoms.